The molecular weight excluding hydrogens is 370 g/mol. The molecule has 2 aromatic carbocycles. The first-order valence-electron chi connectivity index (χ1n) is 10.1. The zero-order valence-electron chi connectivity index (χ0n) is 16.9. The first-order chi connectivity index (χ1) is 13.5. The van der Waals surface area contributed by atoms with Crippen molar-refractivity contribution in [3.05, 3.63) is 64.2 Å². The fourth-order valence-corrected chi connectivity index (χ4v) is 3.75. The summed E-state index contributed by atoms with van der Waals surface area (Å²) in [4.78, 5) is 17.0. The Kier molecular flexibility index (Phi) is 7.35. The smallest absolute Gasteiger partial charge is 0.220 e. The summed E-state index contributed by atoms with van der Waals surface area (Å²) in [5.41, 5.74) is 4.79. The van der Waals surface area contributed by atoms with Gasteiger partial charge < -0.3 is 10.2 Å². The molecule has 0 radical (unpaired) electrons. The molecule has 2 aromatic rings. The second-order valence-corrected chi connectivity index (χ2v) is 8.01. The number of anilines is 1. The van der Waals surface area contributed by atoms with E-state index >= 15 is 0 Å². The SMILES string of the molecule is Cc1cccc(N2CCN(CCNC(=O)CCc3ccc(C)c(Cl)c3)CC2)c1. The molecule has 1 saturated heterocycles. The zero-order chi connectivity index (χ0) is 19.9. The van der Waals surface area contributed by atoms with E-state index in [2.05, 4.69) is 46.3 Å². The van der Waals surface area contributed by atoms with Crippen LogP contribution in [0, 0.1) is 13.8 Å². The van der Waals surface area contributed by atoms with E-state index in [1.165, 1.54) is 11.3 Å². The molecule has 0 aromatic heterocycles. The van der Waals surface area contributed by atoms with Crippen LogP contribution in [-0.4, -0.2) is 50.1 Å². The van der Waals surface area contributed by atoms with Crippen LogP contribution in [0.4, 0.5) is 5.69 Å². The van der Waals surface area contributed by atoms with Gasteiger partial charge in [-0.15, -0.1) is 0 Å². The van der Waals surface area contributed by atoms with Gasteiger partial charge in [-0.25, -0.2) is 0 Å². The van der Waals surface area contributed by atoms with Crippen LogP contribution in [0.1, 0.15) is 23.1 Å². The van der Waals surface area contributed by atoms with E-state index in [1.54, 1.807) is 0 Å². The molecule has 1 amide bonds. The number of hydrogen-bond donors (Lipinski definition) is 1. The number of carbonyl (C=O) groups is 1. The molecule has 0 spiro atoms. The van der Waals surface area contributed by atoms with Crippen LogP contribution in [0.3, 0.4) is 0 Å². The number of rotatable bonds is 7. The molecule has 0 saturated carbocycles. The Labute approximate surface area is 173 Å². The van der Waals surface area contributed by atoms with Gasteiger partial charge in [-0.3, -0.25) is 9.69 Å². The van der Waals surface area contributed by atoms with Crippen molar-refractivity contribution in [1.82, 2.24) is 10.2 Å². The fraction of sp³-hybridized carbons (Fsp3) is 0.435. The minimum atomic E-state index is 0.107. The van der Waals surface area contributed by atoms with Gasteiger partial charge in [-0.1, -0.05) is 35.9 Å². The average Bonchev–Trinajstić information content (AvgIpc) is 2.69. The van der Waals surface area contributed by atoms with Crippen LogP contribution >= 0.6 is 11.6 Å². The molecule has 150 valence electrons. The molecule has 0 bridgehead atoms. The summed E-state index contributed by atoms with van der Waals surface area (Å²) in [5.74, 6) is 0.107. The molecule has 1 N–H and O–H groups in total. The standard InChI is InChI=1S/C23H30ClN3O/c1-18-4-3-5-21(16-18)27-14-12-26(13-15-27)11-10-25-23(28)9-8-20-7-6-19(2)22(24)17-20/h3-7,16-17H,8-15H2,1-2H3,(H,25,28). The van der Waals surface area contributed by atoms with Crippen LogP contribution in [-0.2, 0) is 11.2 Å². The lowest BCUT2D eigenvalue weighted by Gasteiger charge is -2.36. The molecule has 0 atom stereocenters. The topological polar surface area (TPSA) is 35.6 Å². The number of hydrogen-bond acceptors (Lipinski definition) is 3. The van der Waals surface area contributed by atoms with Crippen LogP contribution in [0.25, 0.3) is 0 Å². The highest BCUT2D eigenvalue weighted by Gasteiger charge is 2.17. The largest absolute Gasteiger partial charge is 0.369 e. The summed E-state index contributed by atoms with van der Waals surface area (Å²) in [6.45, 7) is 9.87. The highest BCUT2D eigenvalue weighted by Crippen LogP contribution is 2.18. The van der Waals surface area contributed by atoms with Crippen molar-refractivity contribution in [2.75, 3.05) is 44.2 Å². The Morgan fingerprint density at radius 1 is 1.07 bits per heavy atom. The van der Waals surface area contributed by atoms with Crippen LogP contribution in [0.2, 0.25) is 5.02 Å². The highest BCUT2D eigenvalue weighted by molar-refractivity contribution is 6.31. The van der Waals surface area contributed by atoms with Crippen molar-refractivity contribution >= 4 is 23.2 Å². The molecule has 3 rings (SSSR count). The van der Waals surface area contributed by atoms with Gasteiger partial charge >= 0.3 is 0 Å². The molecule has 0 aliphatic carbocycles. The predicted molar refractivity (Wildman–Crippen MR) is 117 cm³/mol. The van der Waals surface area contributed by atoms with Gasteiger partial charge in [0.15, 0.2) is 0 Å². The number of benzene rings is 2. The van der Waals surface area contributed by atoms with Gasteiger partial charge in [-0.2, -0.15) is 0 Å². The van der Waals surface area contributed by atoms with Crippen molar-refractivity contribution in [2.45, 2.75) is 26.7 Å². The maximum Gasteiger partial charge on any atom is 0.220 e. The zero-order valence-corrected chi connectivity index (χ0v) is 17.6. The third-order valence-corrected chi connectivity index (χ3v) is 5.77. The number of nitrogens with one attached hydrogen (secondary N) is 1. The third-order valence-electron chi connectivity index (χ3n) is 5.37. The highest BCUT2D eigenvalue weighted by atomic mass is 35.5. The Bertz CT molecular complexity index is 800. The van der Waals surface area contributed by atoms with E-state index in [-0.39, 0.29) is 5.91 Å². The predicted octanol–water partition coefficient (Wildman–Crippen LogP) is 3.83. The summed E-state index contributed by atoms with van der Waals surface area (Å²) in [7, 11) is 0. The summed E-state index contributed by atoms with van der Waals surface area (Å²) in [6, 6.07) is 14.7. The van der Waals surface area contributed by atoms with Crippen molar-refractivity contribution in [3.8, 4) is 0 Å². The van der Waals surface area contributed by atoms with Crippen molar-refractivity contribution in [1.29, 1.82) is 0 Å². The van der Waals surface area contributed by atoms with E-state index in [1.807, 2.05) is 25.1 Å². The number of amides is 1. The second-order valence-electron chi connectivity index (χ2n) is 7.60. The Morgan fingerprint density at radius 3 is 2.57 bits per heavy atom. The van der Waals surface area contributed by atoms with Crippen LogP contribution in [0.15, 0.2) is 42.5 Å². The monoisotopic (exact) mass is 399 g/mol. The molecule has 1 heterocycles. The first-order valence-corrected chi connectivity index (χ1v) is 10.4. The molecule has 0 unspecified atom stereocenters. The maximum absolute atomic E-state index is 12.1. The lowest BCUT2D eigenvalue weighted by atomic mass is 10.1. The molecule has 28 heavy (non-hydrogen) atoms. The number of nitrogens with zero attached hydrogens (tertiary/aromatic N) is 2. The Hall–Kier alpha value is -2.04. The van der Waals surface area contributed by atoms with Crippen molar-refractivity contribution < 1.29 is 4.79 Å². The molecular formula is C23H30ClN3O. The lowest BCUT2D eigenvalue weighted by Crippen LogP contribution is -2.48. The average molecular weight is 400 g/mol. The summed E-state index contributed by atoms with van der Waals surface area (Å²) in [6.07, 6.45) is 1.22. The minimum Gasteiger partial charge on any atom is -0.369 e. The summed E-state index contributed by atoms with van der Waals surface area (Å²) >= 11 is 6.15. The number of aryl methyl sites for hydroxylation is 3. The Morgan fingerprint density at radius 2 is 1.86 bits per heavy atom. The van der Waals surface area contributed by atoms with Crippen molar-refractivity contribution in [2.24, 2.45) is 0 Å². The number of carbonyl (C=O) groups excluding carboxylic acids is 1. The Balaban J connectivity index is 1.33. The first kappa shape index (κ1) is 20.7. The van der Waals surface area contributed by atoms with Gasteiger partial charge in [0.25, 0.3) is 0 Å². The molecule has 5 heteroatoms. The number of halogens is 1. The van der Waals surface area contributed by atoms with Crippen LogP contribution in [0.5, 0.6) is 0 Å². The van der Waals surface area contributed by atoms with Gasteiger partial charge in [0, 0.05) is 56.4 Å². The minimum absolute atomic E-state index is 0.107. The molecule has 1 aliphatic heterocycles. The van der Waals surface area contributed by atoms with Gasteiger partial charge in [-0.05, 0) is 55.2 Å². The molecule has 4 nitrogen and oxygen atoms in total. The number of piperazine rings is 1. The summed E-state index contributed by atoms with van der Waals surface area (Å²) < 4.78 is 0. The van der Waals surface area contributed by atoms with E-state index in [4.69, 9.17) is 11.6 Å². The van der Waals surface area contributed by atoms with Crippen LogP contribution < -0.4 is 10.2 Å². The normalized spacial score (nSPS) is 14.9. The summed E-state index contributed by atoms with van der Waals surface area (Å²) in [5, 5.41) is 3.82. The van der Waals surface area contributed by atoms with Gasteiger partial charge in [0.2, 0.25) is 5.91 Å². The third kappa shape index (κ3) is 5.98. The van der Waals surface area contributed by atoms with E-state index < -0.39 is 0 Å². The van der Waals surface area contributed by atoms with E-state index in [9.17, 15) is 4.79 Å². The van der Waals surface area contributed by atoms with Gasteiger partial charge in [0.1, 0.15) is 0 Å². The van der Waals surface area contributed by atoms with E-state index in [0.717, 1.165) is 55.3 Å². The quantitative estimate of drug-likeness (QED) is 0.768. The molecule has 1 fully saturated rings. The van der Waals surface area contributed by atoms with E-state index in [0.29, 0.717) is 13.0 Å². The maximum atomic E-state index is 12.1. The molecule has 1 aliphatic rings. The lowest BCUT2D eigenvalue weighted by molar-refractivity contribution is -0.121. The van der Waals surface area contributed by atoms with Gasteiger partial charge in [0.05, 0.1) is 0 Å². The fourth-order valence-electron chi connectivity index (χ4n) is 3.55. The second kappa shape index (κ2) is 9.94. The van der Waals surface area contributed by atoms with Crippen molar-refractivity contribution in [3.63, 3.8) is 0 Å².